The highest BCUT2D eigenvalue weighted by atomic mass is 16.3. The van der Waals surface area contributed by atoms with Crippen LogP contribution in [0.2, 0.25) is 0 Å². The van der Waals surface area contributed by atoms with Gasteiger partial charge in [-0.05, 0) is 26.7 Å². The molecule has 1 aliphatic rings. The van der Waals surface area contributed by atoms with Gasteiger partial charge in [-0.15, -0.1) is 0 Å². The predicted molar refractivity (Wildman–Crippen MR) is 74.7 cm³/mol. The molecular formula is C14H20N4O. The minimum atomic E-state index is -0.231. The maximum absolute atomic E-state index is 9.73. The molecule has 0 radical (unpaired) electrons. The summed E-state index contributed by atoms with van der Waals surface area (Å²) in [6.45, 7) is 7.74. The van der Waals surface area contributed by atoms with Crippen LogP contribution in [0.5, 0.6) is 0 Å². The molecule has 5 heteroatoms. The molecule has 0 amide bonds. The number of β-amino-alcohol motifs (C(OH)–C–C–N with tert-alkyl or cyclic N) is 1. The van der Waals surface area contributed by atoms with E-state index in [0.29, 0.717) is 6.54 Å². The second kappa shape index (κ2) is 4.49. The Morgan fingerprint density at radius 3 is 2.84 bits per heavy atom. The Bertz CT molecular complexity index is 619. The summed E-state index contributed by atoms with van der Waals surface area (Å²) in [6.07, 6.45) is 1.50. The van der Waals surface area contributed by atoms with Gasteiger partial charge in [0.15, 0.2) is 5.65 Å². The van der Waals surface area contributed by atoms with Crippen molar-refractivity contribution in [2.24, 2.45) is 0 Å². The number of rotatable bonds is 2. The molecule has 102 valence electrons. The highest BCUT2D eigenvalue weighted by Gasteiger charge is 2.24. The molecule has 0 unspecified atom stereocenters. The largest absolute Gasteiger partial charge is 0.391 e. The lowest BCUT2D eigenvalue weighted by molar-refractivity contribution is 0.198. The molecule has 5 nitrogen and oxygen atoms in total. The molecule has 1 fully saturated rings. The van der Waals surface area contributed by atoms with Gasteiger partial charge in [-0.3, -0.25) is 0 Å². The summed E-state index contributed by atoms with van der Waals surface area (Å²) in [4.78, 5) is 6.88. The van der Waals surface area contributed by atoms with Crippen molar-refractivity contribution < 1.29 is 5.11 Å². The molecule has 0 saturated carbocycles. The van der Waals surface area contributed by atoms with Crippen molar-refractivity contribution in [1.29, 1.82) is 0 Å². The molecule has 1 saturated heterocycles. The van der Waals surface area contributed by atoms with Crippen LogP contribution in [0.1, 0.15) is 30.3 Å². The fourth-order valence-electron chi connectivity index (χ4n) is 2.62. The van der Waals surface area contributed by atoms with Crippen LogP contribution in [0.3, 0.4) is 0 Å². The number of aryl methyl sites for hydroxylation is 3. The van der Waals surface area contributed by atoms with Crippen molar-refractivity contribution in [3.8, 4) is 0 Å². The van der Waals surface area contributed by atoms with E-state index in [4.69, 9.17) is 0 Å². The van der Waals surface area contributed by atoms with Gasteiger partial charge < -0.3 is 10.0 Å². The Hall–Kier alpha value is -1.62. The molecule has 0 aromatic carbocycles. The average molecular weight is 260 g/mol. The van der Waals surface area contributed by atoms with Crippen LogP contribution in [-0.4, -0.2) is 38.9 Å². The van der Waals surface area contributed by atoms with Gasteiger partial charge in [0.1, 0.15) is 5.82 Å². The first-order chi connectivity index (χ1) is 9.10. The van der Waals surface area contributed by atoms with E-state index in [-0.39, 0.29) is 6.10 Å². The van der Waals surface area contributed by atoms with Gasteiger partial charge in [0.05, 0.1) is 11.8 Å². The Labute approximate surface area is 112 Å². The Balaban J connectivity index is 2.18. The van der Waals surface area contributed by atoms with Crippen molar-refractivity contribution in [3.05, 3.63) is 23.0 Å². The molecule has 1 aliphatic heterocycles. The Morgan fingerprint density at radius 2 is 2.21 bits per heavy atom. The molecule has 3 rings (SSSR count). The first-order valence-corrected chi connectivity index (χ1v) is 6.89. The number of hydrogen-bond acceptors (Lipinski definition) is 4. The molecule has 1 atom stereocenters. The van der Waals surface area contributed by atoms with Gasteiger partial charge in [0, 0.05) is 30.4 Å². The molecule has 1 N–H and O–H groups in total. The third-order valence-corrected chi connectivity index (χ3v) is 3.94. The maximum atomic E-state index is 9.73. The Kier molecular flexibility index (Phi) is 2.93. The van der Waals surface area contributed by atoms with Crippen LogP contribution in [0.4, 0.5) is 5.82 Å². The quantitative estimate of drug-likeness (QED) is 0.888. The summed E-state index contributed by atoms with van der Waals surface area (Å²) in [7, 11) is 0. The summed E-state index contributed by atoms with van der Waals surface area (Å²) in [5.74, 6) is 1.05. The summed E-state index contributed by atoms with van der Waals surface area (Å²) < 4.78 is 1.92. The van der Waals surface area contributed by atoms with Crippen LogP contribution in [0.15, 0.2) is 6.07 Å². The SMILES string of the molecule is CCc1cc(N2CC[C@@H](O)C2)n2nc(C)c(C)c2n1. The van der Waals surface area contributed by atoms with Gasteiger partial charge in [0.2, 0.25) is 0 Å². The van der Waals surface area contributed by atoms with E-state index in [9.17, 15) is 5.11 Å². The van der Waals surface area contributed by atoms with Crippen molar-refractivity contribution in [3.63, 3.8) is 0 Å². The summed E-state index contributed by atoms with van der Waals surface area (Å²) >= 11 is 0. The van der Waals surface area contributed by atoms with E-state index in [1.807, 2.05) is 11.4 Å². The summed E-state index contributed by atoms with van der Waals surface area (Å²) in [5, 5.41) is 14.3. The molecular weight excluding hydrogens is 240 g/mol. The lowest BCUT2D eigenvalue weighted by Gasteiger charge is -2.19. The molecule has 2 aromatic heterocycles. The normalized spacial score (nSPS) is 19.6. The van der Waals surface area contributed by atoms with E-state index in [2.05, 4.69) is 34.9 Å². The smallest absolute Gasteiger partial charge is 0.160 e. The van der Waals surface area contributed by atoms with Crippen molar-refractivity contribution >= 4 is 11.5 Å². The second-order valence-electron chi connectivity index (χ2n) is 5.29. The number of nitrogens with zero attached hydrogens (tertiary/aromatic N) is 4. The van der Waals surface area contributed by atoms with Crippen LogP contribution in [0.25, 0.3) is 5.65 Å². The van der Waals surface area contributed by atoms with Gasteiger partial charge in [-0.2, -0.15) is 9.61 Å². The van der Waals surface area contributed by atoms with Crippen LogP contribution < -0.4 is 4.90 Å². The van der Waals surface area contributed by atoms with Gasteiger partial charge in [-0.1, -0.05) is 6.92 Å². The van der Waals surface area contributed by atoms with Gasteiger partial charge in [0.25, 0.3) is 0 Å². The van der Waals surface area contributed by atoms with Gasteiger partial charge in [-0.25, -0.2) is 4.98 Å². The molecule has 19 heavy (non-hydrogen) atoms. The van der Waals surface area contributed by atoms with Crippen molar-refractivity contribution in [2.75, 3.05) is 18.0 Å². The molecule has 3 heterocycles. The minimum absolute atomic E-state index is 0.231. The highest BCUT2D eigenvalue weighted by Crippen LogP contribution is 2.24. The average Bonchev–Trinajstić information content (AvgIpc) is 2.95. The van der Waals surface area contributed by atoms with Gasteiger partial charge >= 0.3 is 0 Å². The number of aliphatic hydroxyl groups is 1. The zero-order chi connectivity index (χ0) is 13.6. The van der Waals surface area contributed by atoms with E-state index in [1.54, 1.807) is 0 Å². The standard InChI is InChI=1S/C14H20N4O/c1-4-11-7-13(17-6-5-12(19)8-17)18-14(15-11)9(2)10(3)16-18/h7,12,19H,4-6,8H2,1-3H3/t12-/m1/s1. The third-order valence-electron chi connectivity index (χ3n) is 3.94. The topological polar surface area (TPSA) is 53.7 Å². The van der Waals surface area contributed by atoms with Crippen LogP contribution in [-0.2, 0) is 6.42 Å². The second-order valence-corrected chi connectivity index (χ2v) is 5.29. The number of aromatic nitrogens is 3. The maximum Gasteiger partial charge on any atom is 0.160 e. The first kappa shape index (κ1) is 12.4. The molecule has 2 aromatic rings. The van der Waals surface area contributed by atoms with Crippen LogP contribution in [0, 0.1) is 13.8 Å². The monoisotopic (exact) mass is 260 g/mol. The first-order valence-electron chi connectivity index (χ1n) is 6.89. The van der Waals surface area contributed by atoms with Crippen molar-refractivity contribution in [1.82, 2.24) is 14.6 Å². The van der Waals surface area contributed by atoms with E-state index in [1.165, 1.54) is 0 Å². The number of fused-ring (bicyclic) bond motifs is 1. The third kappa shape index (κ3) is 1.98. The van der Waals surface area contributed by atoms with Crippen molar-refractivity contribution in [2.45, 2.75) is 39.7 Å². The zero-order valence-corrected chi connectivity index (χ0v) is 11.7. The predicted octanol–water partition coefficient (Wildman–Crippen LogP) is 1.48. The summed E-state index contributed by atoms with van der Waals surface area (Å²) in [6, 6.07) is 2.09. The van der Waals surface area contributed by atoms with Crippen LogP contribution >= 0.6 is 0 Å². The number of aliphatic hydroxyl groups excluding tert-OH is 1. The van der Waals surface area contributed by atoms with E-state index < -0.39 is 0 Å². The lowest BCUT2D eigenvalue weighted by Crippen LogP contribution is -2.24. The number of hydrogen-bond donors (Lipinski definition) is 1. The number of anilines is 1. The fraction of sp³-hybridized carbons (Fsp3) is 0.571. The van der Waals surface area contributed by atoms with E-state index in [0.717, 1.165) is 47.8 Å². The molecule has 0 spiro atoms. The minimum Gasteiger partial charge on any atom is -0.391 e. The lowest BCUT2D eigenvalue weighted by atomic mass is 10.2. The van der Waals surface area contributed by atoms with E-state index >= 15 is 0 Å². The molecule has 0 aliphatic carbocycles. The zero-order valence-electron chi connectivity index (χ0n) is 11.7. The molecule has 0 bridgehead atoms. The highest BCUT2D eigenvalue weighted by molar-refractivity contribution is 5.57. The summed E-state index contributed by atoms with van der Waals surface area (Å²) in [5.41, 5.74) is 4.16. The Morgan fingerprint density at radius 1 is 1.42 bits per heavy atom. The fourth-order valence-corrected chi connectivity index (χ4v) is 2.62.